The molecule has 1 atom stereocenters. The van der Waals surface area contributed by atoms with E-state index in [1.807, 2.05) is 70.2 Å². The number of carbonyl (C=O) groups excluding carboxylic acids is 1. The second-order valence-corrected chi connectivity index (χ2v) is 13.9. The highest BCUT2D eigenvalue weighted by Gasteiger charge is 2.36. The molecule has 0 bridgehead atoms. The zero-order valence-corrected chi connectivity index (χ0v) is 27.1. The maximum Gasteiger partial charge on any atom is 0.253 e. The topological polar surface area (TPSA) is 97.4 Å². The van der Waals surface area contributed by atoms with Crippen LogP contribution in [-0.4, -0.2) is 91.9 Å². The number of fused-ring (bicyclic) bond motifs is 1. The standard InChI is InChI=1S/C36H43ClN6O3/c37-30-12-10-29(11-13-30)36(46)16-23-41(24-17-36)31-5-3-21-43-33(31)38-32(39-43)25-27-6-8-28(9-7-27)34(44)42-20-4-14-35(45,15-22-42)26-40-18-1-2-19-40/h3,5-13,21,45-46H,1-2,4,14-20,22-26H2. The third kappa shape index (κ3) is 6.65. The lowest BCUT2D eigenvalue weighted by Gasteiger charge is -2.39. The molecule has 3 saturated heterocycles. The normalized spacial score (nSPS) is 22.3. The highest BCUT2D eigenvalue weighted by atomic mass is 35.5. The van der Waals surface area contributed by atoms with Gasteiger partial charge in [-0.1, -0.05) is 35.9 Å². The minimum absolute atomic E-state index is 0.0250. The second kappa shape index (κ2) is 13.0. The number of halogens is 1. The first-order valence-corrected chi connectivity index (χ1v) is 17.1. The van der Waals surface area contributed by atoms with Gasteiger partial charge in [-0.15, -0.1) is 0 Å². The van der Waals surface area contributed by atoms with Crippen molar-refractivity contribution in [2.45, 2.75) is 62.6 Å². The number of carbonyl (C=O) groups is 1. The molecule has 3 fully saturated rings. The number of pyridine rings is 1. The Kier molecular flexibility index (Phi) is 8.76. The zero-order valence-electron chi connectivity index (χ0n) is 26.3. The van der Waals surface area contributed by atoms with Crippen LogP contribution in [0.5, 0.6) is 0 Å². The molecule has 46 heavy (non-hydrogen) atoms. The lowest BCUT2D eigenvalue weighted by atomic mass is 9.84. The number of hydrogen-bond acceptors (Lipinski definition) is 7. The van der Waals surface area contributed by atoms with E-state index in [9.17, 15) is 15.0 Å². The molecule has 3 aliphatic heterocycles. The highest BCUT2D eigenvalue weighted by Crippen LogP contribution is 2.36. The summed E-state index contributed by atoms with van der Waals surface area (Å²) in [5.74, 6) is 0.739. The van der Waals surface area contributed by atoms with Crippen LogP contribution in [-0.2, 0) is 12.0 Å². The van der Waals surface area contributed by atoms with Gasteiger partial charge in [0, 0.05) is 55.9 Å². The van der Waals surface area contributed by atoms with Crippen LogP contribution >= 0.6 is 11.6 Å². The smallest absolute Gasteiger partial charge is 0.253 e. The molecule has 0 spiro atoms. The van der Waals surface area contributed by atoms with Crippen molar-refractivity contribution in [3.8, 4) is 0 Å². The Morgan fingerprint density at radius 3 is 2.30 bits per heavy atom. The van der Waals surface area contributed by atoms with Crippen molar-refractivity contribution in [2.75, 3.05) is 50.7 Å². The van der Waals surface area contributed by atoms with Gasteiger partial charge in [-0.3, -0.25) is 4.79 Å². The maximum absolute atomic E-state index is 13.4. The first kappa shape index (κ1) is 31.1. The molecule has 242 valence electrons. The van der Waals surface area contributed by atoms with Crippen LogP contribution in [0, 0.1) is 0 Å². The van der Waals surface area contributed by atoms with Crippen LogP contribution in [0.15, 0.2) is 66.9 Å². The number of aromatic nitrogens is 3. The van der Waals surface area contributed by atoms with Crippen LogP contribution in [0.3, 0.4) is 0 Å². The van der Waals surface area contributed by atoms with Crippen molar-refractivity contribution in [1.29, 1.82) is 0 Å². The number of anilines is 1. The summed E-state index contributed by atoms with van der Waals surface area (Å²) in [5, 5.41) is 28.0. The Morgan fingerprint density at radius 2 is 1.57 bits per heavy atom. The van der Waals surface area contributed by atoms with E-state index in [2.05, 4.69) is 15.9 Å². The Balaban J connectivity index is 0.981. The van der Waals surface area contributed by atoms with Crippen molar-refractivity contribution in [2.24, 2.45) is 0 Å². The first-order chi connectivity index (χ1) is 22.3. The Labute approximate surface area is 275 Å². The summed E-state index contributed by atoms with van der Waals surface area (Å²) in [6.45, 7) is 5.50. The summed E-state index contributed by atoms with van der Waals surface area (Å²) in [6.07, 6.45) is 8.29. The van der Waals surface area contributed by atoms with Gasteiger partial charge in [0.15, 0.2) is 11.5 Å². The molecule has 2 N–H and O–H groups in total. The van der Waals surface area contributed by atoms with Crippen molar-refractivity contribution < 1.29 is 15.0 Å². The molecule has 0 saturated carbocycles. The molecule has 7 rings (SSSR count). The Morgan fingerprint density at radius 1 is 0.826 bits per heavy atom. The predicted octanol–water partition coefficient (Wildman–Crippen LogP) is 4.91. The summed E-state index contributed by atoms with van der Waals surface area (Å²) in [5.41, 5.74) is 2.83. The van der Waals surface area contributed by atoms with Gasteiger partial charge in [0.25, 0.3) is 5.91 Å². The van der Waals surface area contributed by atoms with Crippen molar-refractivity contribution in [3.05, 3.63) is 94.4 Å². The molecule has 3 aliphatic rings. The van der Waals surface area contributed by atoms with Crippen LogP contribution in [0.4, 0.5) is 5.69 Å². The SMILES string of the molecule is O=C(c1ccc(Cc2nc3c(N4CCC(O)(c5ccc(Cl)cc5)CC4)cccn3n2)cc1)N1CCCC(O)(CN2CCCC2)CC1. The summed E-state index contributed by atoms with van der Waals surface area (Å²) in [4.78, 5) is 24.8. The predicted molar refractivity (Wildman–Crippen MR) is 179 cm³/mol. The van der Waals surface area contributed by atoms with Crippen molar-refractivity contribution in [3.63, 3.8) is 0 Å². The average Bonchev–Trinajstić information content (AvgIpc) is 3.68. The van der Waals surface area contributed by atoms with Crippen molar-refractivity contribution in [1.82, 2.24) is 24.4 Å². The first-order valence-electron chi connectivity index (χ1n) is 16.7. The molecule has 1 unspecified atom stereocenters. The number of rotatable bonds is 7. The monoisotopic (exact) mass is 642 g/mol. The Hall–Kier alpha value is -3.50. The van der Waals surface area contributed by atoms with Gasteiger partial charge in [-0.25, -0.2) is 9.50 Å². The number of hydrogen-bond donors (Lipinski definition) is 2. The van der Waals surface area contributed by atoms with Gasteiger partial charge < -0.3 is 24.9 Å². The summed E-state index contributed by atoms with van der Waals surface area (Å²) >= 11 is 6.06. The fraction of sp³-hybridized carbons (Fsp3) is 0.472. The van der Waals surface area contributed by atoms with Crippen LogP contribution in [0.2, 0.25) is 5.02 Å². The number of amides is 1. The fourth-order valence-corrected chi connectivity index (χ4v) is 7.58. The van der Waals surface area contributed by atoms with Gasteiger partial charge in [0.1, 0.15) is 0 Å². The number of aliphatic hydroxyl groups is 2. The van der Waals surface area contributed by atoms with Crippen LogP contribution in [0.25, 0.3) is 5.65 Å². The van der Waals surface area contributed by atoms with Gasteiger partial charge in [-0.05, 0) is 106 Å². The third-order valence-corrected chi connectivity index (χ3v) is 10.4. The van der Waals surface area contributed by atoms with Gasteiger partial charge in [-0.2, -0.15) is 5.10 Å². The van der Waals surface area contributed by atoms with E-state index in [4.69, 9.17) is 21.7 Å². The molecular weight excluding hydrogens is 600 g/mol. The molecule has 2 aromatic heterocycles. The second-order valence-electron chi connectivity index (χ2n) is 13.4. The fourth-order valence-electron chi connectivity index (χ4n) is 7.45. The van der Waals surface area contributed by atoms with E-state index in [1.165, 1.54) is 12.8 Å². The molecule has 4 aromatic rings. The minimum Gasteiger partial charge on any atom is -0.388 e. The van der Waals surface area contributed by atoms with E-state index in [1.54, 1.807) is 0 Å². The van der Waals surface area contributed by atoms with Crippen molar-refractivity contribution >= 4 is 28.8 Å². The molecule has 0 radical (unpaired) electrons. The molecular formula is C36H43ClN6O3. The number of likely N-dealkylation sites (tertiary alicyclic amines) is 2. The lowest BCUT2D eigenvalue weighted by molar-refractivity contribution is -0.00291. The zero-order chi connectivity index (χ0) is 31.7. The quantitative estimate of drug-likeness (QED) is 0.296. The van der Waals surface area contributed by atoms with Gasteiger partial charge in [0.05, 0.1) is 16.9 Å². The Bertz CT molecular complexity index is 1660. The van der Waals surface area contributed by atoms with E-state index in [0.717, 1.165) is 48.4 Å². The molecule has 9 nitrogen and oxygen atoms in total. The average molecular weight is 643 g/mol. The van der Waals surface area contributed by atoms with E-state index < -0.39 is 11.2 Å². The lowest BCUT2D eigenvalue weighted by Crippen LogP contribution is -2.43. The van der Waals surface area contributed by atoms with E-state index >= 15 is 0 Å². The molecule has 1 amide bonds. The van der Waals surface area contributed by atoms with Crippen LogP contribution < -0.4 is 4.90 Å². The summed E-state index contributed by atoms with van der Waals surface area (Å²) < 4.78 is 1.83. The third-order valence-electron chi connectivity index (χ3n) is 10.2. The highest BCUT2D eigenvalue weighted by molar-refractivity contribution is 6.30. The molecule has 5 heterocycles. The number of benzene rings is 2. The largest absolute Gasteiger partial charge is 0.388 e. The number of nitrogens with zero attached hydrogens (tertiary/aromatic N) is 6. The van der Waals surface area contributed by atoms with Gasteiger partial charge in [0.2, 0.25) is 0 Å². The molecule has 2 aromatic carbocycles. The van der Waals surface area contributed by atoms with E-state index in [0.29, 0.717) is 74.8 Å². The minimum atomic E-state index is -0.873. The van der Waals surface area contributed by atoms with Crippen LogP contribution in [0.1, 0.15) is 72.3 Å². The molecule has 10 heteroatoms. The number of piperidine rings is 1. The van der Waals surface area contributed by atoms with Gasteiger partial charge >= 0.3 is 0 Å². The summed E-state index contributed by atoms with van der Waals surface area (Å²) in [7, 11) is 0. The summed E-state index contributed by atoms with van der Waals surface area (Å²) in [6, 6.07) is 19.3. The maximum atomic E-state index is 13.4. The molecule has 0 aliphatic carbocycles. The number of β-amino-alcohol motifs (C(OH)–C–C–N with tert-alkyl or cyclic N) is 1. The van der Waals surface area contributed by atoms with E-state index in [-0.39, 0.29) is 5.91 Å².